The van der Waals surface area contributed by atoms with Crippen molar-refractivity contribution >= 4 is 0 Å². The minimum Gasteiger partial charge on any atom is -0.326 e. The molecule has 1 aliphatic carbocycles. The lowest BCUT2D eigenvalue weighted by Crippen LogP contribution is -2.40. The molecule has 1 aromatic rings. The third-order valence-corrected chi connectivity index (χ3v) is 3.94. The van der Waals surface area contributed by atoms with Gasteiger partial charge in [-0.05, 0) is 30.7 Å². The van der Waals surface area contributed by atoms with Crippen LogP contribution in [0.25, 0.3) is 0 Å². The summed E-state index contributed by atoms with van der Waals surface area (Å²) in [4.78, 5) is 2.59. The van der Waals surface area contributed by atoms with E-state index in [0.29, 0.717) is 12.1 Å². The average molecular weight is 216 g/mol. The van der Waals surface area contributed by atoms with Gasteiger partial charge in [-0.3, -0.25) is 4.90 Å². The van der Waals surface area contributed by atoms with Crippen LogP contribution in [-0.4, -0.2) is 23.5 Å². The molecule has 86 valence electrons. The third kappa shape index (κ3) is 2.00. The predicted octanol–water partition coefficient (Wildman–Crippen LogP) is 2.00. The molecular formula is C14H20N2. The molecule has 1 saturated heterocycles. The molecule has 0 unspecified atom stereocenters. The molecule has 0 bridgehead atoms. The van der Waals surface area contributed by atoms with E-state index in [0.717, 1.165) is 12.5 Å². The van der Waals surface area contributed by atoms with E-state index in [2.05, 4.69) is 35.2 Å². The number of rotatable bonds is 3. The highest BCUT2D eigenvalue weighted by Gasteiger charge is 2.42. The van der Waals surface area contributed by atoms with E-state index in [9.17, 15) is 0 Å². The highest BCUT2D eigenvalue weighted by molar-refractivity contribution is 5.15. The van der Waals surface area contributed by atoms with E-state index < -0.39 is 0 Å². The van der Waals surface area contributed by atoms with Gasteiger partial charge in [0.05, 0.1) is 0 Å². The number of nitrogens with two attached hydrogens (primary N) is 1. The van der Waals surface area contributed by atoms with Gasteiger partial charge in [-0.15, -0.1) is 0 Å². The molecule has 1 aliphatic heterocycles. The Hall–Kier alpha value is -0.860. The maximum Gasteiger partial charge on any atom is 0.0279 e. The standard InChI is InChI=1S/C14H20N2/c15-13-8-9-16(14(13)12-6-7-12)10-11-4-2-1-3-5-11/h1-5,12-14H,6-10,15H2/t13-,14+/m1/s1. The normalized spacial score (nSPS) is 30.8. The van der Waals surface area contributed by atoms with Crippen LogP contribution in [0.3, 0.4) is 0 Å². The second-order valence-corrected chi connectivity index (χ2v) is 5.24. The summed E-state index contributed by atoms with van der Waals surface area (Å²) in [7, 11) is 0. The van der Waals surface area contributed by atoms with Gasteiger partial charge < -0.3 is 5.73 Å². The third-order valence-electron chi connectivity index (χ3n) is 3.94. The molecule has 1 saturated carbocycles. The fourth-order valence-corrected chi connectivity index (χ4v) is 2.99. The summed E-state index contributed by atoms with van der Waals surface area (Å²) >= 11 is 0. The summed E-state index contributed by atoms with van der Waals surface area (Å²) in [6.45, 7) is 2.26. The molecule has 0 spiro atoms. The Morgan fingerprint density at radius 2 is 1.88 bits per heavy atom. The lowest BCUT2D eigenvalue weighted by atomic mass is 10.1. The van der Waals surface area contributed by atoms with Gasteiger partial charge in [0.1, 0.15) is 0 Å². The first-order chi connectivity index (χ1) is 7.84. The highest BCUT2D eigenvalue weighted by Crippen LogP contribution is 2.40. The fraction of sp³-hybridized carbons (Fsp3) is 0.571. The van der Waals surface area contributed by atoms with Crippen LogP contribution >= 0.6 is 0 Å². The van der Waals surface area contributed by atoms with Crippen LogP contribution in [0, 0.1) is 5.92 Å². The quantitative estimate of drug-likeness (QED) is 0.837. The summed E-state index contributed by atoms with van der Waals surface area (Å²) in [6, 6.07) is 11.8. The van der Waals surface area contributed by atoms with Crippen LogP contribution in [0.1, 0.15) is 24.8 Å². The molecule has 2 atom stereocenters. The van der Waals surface area contributed by atoms with Crippen LogP contribution in [0.5, 0.6) is 0 Å². The predicted molar refractivity (Wildman–Crippen MR) is 66.0 cm³/mol. The van der Waals surface area contributed by atoms with Crippen molar-refractivity contribution in [3.63, 3.8) is 0 Å². The molecule has 2 nitrogen and oxygen atoms in total. The number of likely N-dealkylation sites (tertiary alicyclic amines) is 1. The molecule has 2 heteroatoms. The van der Waals surface area contributed by atoms with Crippen LogP contribution in [-0.2, 0) is 6.54 Å². The minimum absolute atomic E-state index is 0.413. The summed E-state index contributed by atoms with van der Waals surface area (Å²) in [5, 5.41) is 0. The van der Waals surface area contributed by atoms with Crippen molar-refractivity contribution in [1.29, 1.82) is 0 Å². The summed E-state index contributed by atoms with van der Waals surface area (Å²) in [5.41, 5.74) is 7.64. The van der Waals surface area contributed by atoms with Crippen molar-refractivity contribution in [2.24, 2.45) is 11.7 Å². The van der Waals surface area contributed by atoms with Crippen LogP contribution < -0.4 is 5.73 Å². The van der Waals surface area contributed by atoms with Gasteiger partial charge in [-0.25, -0.2) is 0 Å². The Morgan fingerprint density at radius 3 is 2.56 bits per heavy atom. The summed E-state index contributed by atoms with van der Waals surface area (Å²) < 4.78 is 0. The first-order valence-corrected chi connectivity index (χ1v) is 6.38. The largest absolute Gasteiger partial charge is 0.326 e. The van der Waals surface area contributed by atoms with E-state index in [4.69, 9.17) is 5.73 Å². The van der Waals surface area contributed by atoms with Crippen molar-refractivity contribution in [2.75, 3.05) is 6.54 Å². The van der Waals surface area contributed by atoms with E-state index in [1.165, 1.54) is 31.4 Å². The molecule has 0 aromatic heterocycles. The van der Waals surface area contributed by atoms with Gasteiger partial charge in [0.2, 0.25) is 0 Å². The molecule has 1 heterocycles. The average Bonchev–Trinajstić information content (AvgIpc) is 3.07. The van der Waals surface area contributed by atoms with Crippen molar-refractivity contribution < 1.29 is 0 Å². The fourth-order valence-electron chi connectivity index (χ4n) is 2.99. The maximum absolute atomic E-state index is 6.22. The molecule has 0 radical (unpaired) electrons. The van der Waals surface area contributed by atoms with Crippen LogP contribution in [0.15, 0.2) is 30.3 Å². The molecule has 2 fully saturated rings. The lowest BCUT2D eigenvalue weighted by molar-refractivity contribution is 0.214. The molecule has 16 heavy (non-hydrogen) atoms. The monoisotopic (exact) mass is 216 g/mol. The molecule has 2 aliphatic rings. The van der Waals surface area contributed by atoms with Gasteiger partial charge >= 0.3 is 0 Å². The van der Waals surface area contributed by atoms with Crippen LogP contribution in [0.2, 0.25) is 0 Å². The van der Waals surface area contributed by atoms with Crippen molar-refractivity contribution in [3.8, 4) is 0 Å². The lowest BCUT2D eigenvalue weighted by Gasteiger charge is -2.26. The Labute approximate surface area is 97.4 Å². The van der Waals surface area contributed by atoms with Gasteiger partial charge in [0.15, 0.2) is 0 Å². The Balaban J connectivity index is 1.70. The Bertz CT molecular complexity index is 345. The second kappa shape index (κ2) is 4.19. The van der Waals surface area contributed by atoms with E-state index in [1.807, 2.05) is 0 Å². The molecular weight excluding hydrogens is 196 g/mol. The first-order valence-electron chi connectivity index (χ1n) is 6.38. The van der Waals surface area contributed by atoms with Crippen LogP contribution in [0.4, 0.5) is 0 Å². The molecule has 0 amide bonds. The number of hydrogen-bond donors (Lipinski definition) is 1. The van der Waals surface area contributed by atoms with Crippen molar-refractivity contribution in [3.05, 3.63) is 35.9 Å². The zero-order chi connectivity index (χ0) is 11.0. The van der Waals surface area contributed by atoms with Gasteiger partial charge in [-0.1, -0.05) is 30.3 Å². The maximum atomic E-state index is 6.22. The molecule has 2 N–H and O–H groups in total. The Morgan fingerprint density at radius 1 is 1.12 bits per heavy atom. The van der Waals surface area contributed by atoms with Crippen molar-refractivity contribution in [2.45, 2.75) is 37.9 Å². The Kier molecular flexibility index (Phi) is 2.70. The smallest absolute Gasteiger partial charge is 0.0279 e. The van der Waals surface area contributed by atoms with Gasteiger partial charge in [0.25, 0.3) is 0 Å². The first kappa shape index (κ1) is 10.3. The zero-order valence-corrected chi connectivity index (χ0v) is 9.68. The SMILES string of the molecule is N[C@@H]1CCN(Cc2ccccc2)[C@H]1C1CC1. The second-order valence-electron chi connectivity index (χ2n) is 5.24. The topological polar surface area (TPSA) is 29.3 Å². The van der Waals surface area contributed by atoms with E-state index >= 15 is 0 Å². The molecule has 1 aromatic carbocycles. The van der Waals surface area contributed by atoms with E-state index in [-0.39, 0.29) is 0 Å². The van der Waals surface area contributed by atoms with Gasteiger partial charge in [0, 0.05) is 25.2 Å². The number of nitrogens with zero attached hydrogens (tertiary/aromatic N) is 1. The summed E-state index contributed by atoms with van der Waals surface area (Å²) in [5.74, 6) is 0.890. The van der Waals surface area contributed by atoms with E-state index in [1.54, 1.807) is 0 Å². The molecule has 3 rings (SSSR count). The van der Waals surface area contributed by atoms with Crippen molar-refractivity contribution in [1.82, 2.24) is 4.90 Å². The zero-order valence-electron chi connectivity index (χ0n) is 9.68. The summed E-state index contributed by atoms with van der Waals surface area (Å²) in [6.07, 6.45) is 3.96. The highest BCUT2D eigenvalue weighted by atomic mass is 15.2. The number of benzene rings is 1. The number of hydrogen-bond acceptors (Lipinski definition) is 2. The van der Waals surface area contributed by atoms with Gasteiger partial charge in [-0.2, -0.15) is 0 Å². The minimum atomic E-state index is 0.413.